The van der Waals surface area contributed by atoms with Crippen LogP contribution in [0.4, 0.5) is 14.5 Å². The number of carbonyl (C=O) groups is 1. The summed E-state index contributed by atoms with van der Waals surface area (Å²) in [5.41, 5.74) is 1.11. The molecule has 120 valence electrons. The minimum absolute atomic E-state index is 0.368. The smallest absolute Gasteiger partial charge is 0.235 e. The molecule has 0 saturated carbocycles. The Balaban J connectivity index is 1.99. The molecular formula is C17H15F2NO3. The molecule has 0 unspecified atom stereocenters. The SMILES string of the molecule is O=C1[C@H]([C@H](O)CO)[C@@H](c2ccc(F)cc2)N1c1ccc(F)cc1. The molecule has 2 N–H and O–H groups in total. The van der Waals surface area contributed by atoms with Gasteiger partial charge in [0.05, 0.1) is 24.7 Å². The number of rotatable bonds is 4. The lowest BCUT2D eigenvalue weighted by Gasteiger charge is -2.49. The lowest BCUT2D eigenvalue weighted by Crippen LogP contribution is -2.60. The van der Waals surface area contributed by atoms with Gasteiger partial charge in [-0.3, -0.25) is 4.79 Å². The van der Waals surface area contributed by atoms with Crippen LogP contribution in [0.25, 0.3) is 0 Å². The zero-order valence-corrected chi connectivity index (χ0v) is 12.1. The van der Waals surface area contributed by atoms with Crippen molar-refractivity contribution < 1.29 is 23.8 Å². The summed E-state index contributed by atoms with van der Waals surface area (Å²) in [5.74, 6) is -2.03. The van der Waals surface area contributed by atoms with Gasteiger partial charge in [-0.2, -0.15) is 0 Å². The number of hydrogen-bond acceptors (Lipinski definition) is 3. The molecule has 3 rings (SSSR count). The lowest BCUT2D eigenvalue weighted by molar-refractivity contribution is -0.137. The number of hydrogen-bond donors (Lipinski definition) is 2. The number of halogens is 2. The average Bonchev–Trinajstić information content (AvgIpc) is 2.55. The van der Waals surface area contributed by atoms with Crippen molar-refractivity contribution in [1.82, 2.24) is 0 Å². The first kappa shape index (κ1) is 15.6. The van der Waals surface area contributed by atoms with Crippen LogP contribution < -0.4 is 4.90 Å². The Morgan fingerprint density at radius 3 is 2.04 bits per heavy atom. The van der Waals surface area contributed by atoms with E-state index < -0.39 is 36.3 Å². The molecule has 0 spiro atoms. The van der Waals surface area contributed by atoms with Gasteiger partial charge >= 0.3 is 0 Å². The molecule has 4 nitrogen and oxygen atoms in total. The largest absolute Gasteiger partial charge is 0.394 e. The van der Waals surface area contributed by atoms with Crippen LogP contribution in [-0.2, 0) is 4.79 Å². The molecule has 1 saturated heterocycles. The molecular weight excluding hydrogens is 304 g/mol. The van der Waals surface area contributed by atoms with Crippen LogP contribution in [-0.4, -0.2) is 28.8 Å². The third-order valence-electron chi connectivity index (χ3n) is 4.06. The maximum absolute atomic E-state index is 13.1. The van der Waals surface area contributed by atoms with Crippen molar-refractivity contribution >= 4 is 11.6 Å². The van der Waals surface area contributed by atoms with E-state index in [9.17, 15) is 18.7 Å². The maximum atomic E-state index is 13.1. The lowest BCUT2D eigenvalue weighted by atomic mass is 9.78. The van der Waals surface area contributed by atoms with E-state index in [4.69, 9.17) is 5.11 Å². The summed E-state index contributed by atoms with van der Waals surface area (Å²) in [6.45, 7) is -0.550. The van der Waals surface area contributed by atoms with Gasteiger partial charge in [-0.25, -0.2) is 8.78 Å². The Morgan fingerprint density at radius 2 is 1.52 bits per heavy atom. The van der Waals surface area contributed by atoms with Crippen molar-refractivity contribution in [2.24, 2.45) is 5.92 Å². The van der Waals surface area contributed by atoms with Crippen LogP contribution in [0.3, 0.4) is 0 Å². The number of nitrogens with zero attached hydrogens (tertiary/aromatic N) is 1. The third-order valence-corrected chi connectivity index (χ3v) is 4.06. The minimum Gasteiger partial charge on any atom is -0.394 e. The van der Waals surface area contributed by atoms with Gasteiger partial charge in [0.2, 0.25) is 5.91 Å². The van der Waals surface area contributed by atoms with Gasteiger partial charge in [-0.1, -0.05) is 12.1 Å². The maximum Gasteiger partial charge on any atom is 0.235 e. The van der Waals surface area contributed by atoms with Crippen molar-refractivity contribution in [3.05, 3.63) is 65.7 Å². The number of aliphatic hydroxyl groups excluding tert-OH is 2. The van der Waals surface area contributed by atoms with E-state index in [0.29, 0.717) is 11.3 Å². The fourth-order valence-corrected chi connectivity index (χ4v) is 2.91. The Hall–Kier alpha value is -2.31. The molecule has 6 heteroatoms. The topological polar surface area (TPSA) is 60.8 Å². The van der Waals surface area contributed by atoms with E-state index in [2.05, 4.69) is 0 Å². The zero-order chi connectivity index (χ0) is 16.6. The number of amides is 1. The average molecular weight is 319 g/mol. The Morgan fingerprint density at radius 1 is 1.00 bits per heavy atom. The van der Waals surface area contributed by atoms with Crippen LogP contribution >= 0.6 is 0 Å². The van der Waals surface area contributed by atoms with Gasteiger partial charge in [-0.15, -0.1) is 0 Å². The highest BCUT2D eigenvalue weighted by Gasteiger charge is 2.52. The molecule has 0 aromatic heterocycles. The second-order valence-corrected chi connectivity index (χ2v) is 5.46. The van der Waals surface area contributed by atoms with E-state index in [1.165, 1.54) is 53.4 Å². The quantitative estimate of drug-likeness (QED) is 0.848. The molecule has 2 aromatic rings. The van der Waals surface area contributed by atoms with Crippen molar-refractivity contribution in [1.29, 1.82) is 0 Å². The number of aliphatic hydroxyl groups is 2. The molecule has 2 aromatic carbocycles. The Kier molecular flexibility index (Phi) is 4.11. The van der Waals surface area contributed by atoms with Crippen molar-refractivity contribution in [2.45, 2.75) is 12.1 Å². The summed E-state index contributed by atoms with van der Waals surface area (Å²) in [6.07, 6.45) is -1.21. The fourth-order valence-electron chi connectivity index (χ4n) is 2.91. The first-order chi connectivity index (χ1) is 11.0. The van der Waals surface area contributed by atoms with E-state index in [1.54, 1.807) is 0 Å². The molecule has 1 aliphatic rings. The molecule has 1 heterocycles. The second-order valence-electron chi connectivity index (χ2n) is 5.46. The van der Waals surface area contributed by atoms with Gasteiger partial charge in [0.1, 0.15) is 11.6 Å². The van der Waals surface area contributed by atoms with Crippen molar-refractivity contribution in [3.63, 3.8) is 0 Å². The van der Waals surface area contributed by atoms with E-state index in [-0.39, 0.29) is 5.91 Å². The van der Waals surface area contributed by atoms with Crippen molar-refractivity contribution in [2.75, 3.05) is 11.5 Å². The second kappa shape index (κ2) is 6.06. The third kappa shape index (κ3) is 2.71. The van der Waals surface area contributed by atoms with Gasteiger partial charge in [-0.05, 0) is 42.0 Å². The first-order valence-corrected chi connectivity index (χ1v) is 7.16. The van der Waals surface area contributed by atoms with Crippen LogP contribution in [0.15, 0.2) is 48.5 Å². The first-order valence-electron chi connectivity index (χ1n) is 7.16. The predicted molar refractivity (Wildman–Crippen MR) is 79.6 cm³/mol. The van der Waals surface area contributed by atoms with Crippen molar-refractivity contribution in [3.8, 4) is 0 Å². The standard InChI is InChI=1S/C17H15F2NO3/c18-11-3-1-10(2-4-11)16-15(14(22)9-21)17(23)20(16)13-7-5-12(19)6-8-13/h1-8,14-16,21-22H,9H2/t14-,15-,16-/m1/s1. The summed E-state index contributed by atoms with van der Waals surface area (Å²) in [5, 5.41) is 19.1. The number of β-lactam (4-membered cyclic amide) rings is 1. The van der Waals surface area contributed by atoms with E-state index in [0.717, 1.165) is 0 Å². The van der Waals surface area contributed by atoms with Gasteiger partial charge < -0.3 is 15.1 Å². The molecule has 3 atom stereocenters. The number of carbonyl (C=O) groups excluding carboxylic acids is 1. The van der Waals surface area contributed by atoms with E-state index in [1.807, 2.05) is 0 Å². The molecule has 0 radical (unpaired) electrons. The van der Waals surface area contributed by atoms with Crippen LogP contribution in [0.5, 0.6) is 0 Å². The number of benzene rings is 2. The number of anilines is 1. The molecule has 1 aliphatic heterocycles. The summed E-state index contributed by atoms with van der Waals surface area (Å²) < 4.78 is 26.2. The Bertz CT molecular complexity index is 703. The molecule has 0 bridgehead atoms. The monoisotopic (exact) mass is 319 g/mol. The van der Waals surface area contributed by atoms with Gasteiger partial charge in [0.25, 0.3) is 0 Å². The van der Waals surface area contributed by atoms with Gasteiger partial charge in [0, 0.05) is 5.69 Å². The normalized spacial score (nSPS) is 21.9. The molecule has 1 fully saturated rings. The molecule has 0 aliphatic carbocycles. The fraction of sp³-hybridized carbons (Fsp3) is 0.235. The summed E-state index contributed by atoms with van der Waals surface area (Å²) in [6, 6.07) is 10.4. The highest BCUT2D eigenvalue weighted by Crippen LogP contribution is 2.45. The zero-order valence-electron chi connectivity index (χ0n) is 12.1. The summed E-state index contributed by atoms with van der Waals surface area (Å²) >= 11 is 0. The van der Waals surface area contributed by atoms with E-state index >= 15 is 0 Å². The Labute approximate surface area is 131 Å². The van der Waals surface area contributed by atoms with Crippen LogP contribution in [0.1, 0.15) is 11.6 Å². The minimum atomic E-state index is -1.21. The van der Waals surface area contributed by atoms with Gasteiger partial charge in [0.15, 0.2) is 0 Å². The highest BCUT2D eigenvalue weighted by atomic mass is 19.1. The molecule has 23 heavy (non-hydrogen) atoms. The predicted octanol–water partition coefficient (Wildman–Crippen LogP) is 2.02. The summed E-state index contributed by atoms with van der Waals surface area (Å²) in [4.78, 5) is 13.8. The summed E-state index contributed by atoms with van der Waals surface area (Å²) in [7, 11) is 0. The van der Waals surface area contributed by atoms with Crippen LogP contribution in [0.2, 0.25) is 0 Å². The molecule has 1 amide bonds. The van der Waals surface area contributed by atoms with Crippen LogP contribution in [0, 0.1) is 17.6 Å². The highest BCUT2D eigenvalue weighted by molar-refractivity contribution is 6.03.